The predicted molar refractivity (Wildman–Crippen MR) is 79.3 cm³/mol. The van der Waals surface area contributed by atoms with Gasteiger partial charge in [-0.3, -0.25) is 4.79 Å². The molecule has 22 heavy (non-hydrogen) atoms. The monoisotopic (exact) mass is 329 g/mol. The van der Waals surface area contributed by atoms with Crippen molar-refractivity contribution in [1.29, 1.82) is 0 Å². The average Bonchev–Trinajstić information content (AvgIpc) is 2.41. The van der Waals surface area contributed by atoms with Crippen LogP contribution < -0.4 is 10.5 Å². The summed E-state index contributed by atoms with van der Waals surface area (Å²) in [5.74, 6) is -2.37. The van der Waals surface area contributed by atoms with Gasteiger partial charge in [-0.05, 0) is 29.8 Å². The Morgan fingerprint density at radius 1 is 1.23 bits per heavy atom. The molecular weight excluding hydrogens is 316 g/mol. The largest absolute Gasteiger partial charge is 0.481 e. The van der Waals surface area contributed by atoms with E-state index >= 15 is 0 Å². The molecular formula is C15H14ClF2NO3. The lowest BCUT2D eigenvalue weighted by atomic mass is 10.0. The van der Waals surface area contributed by atoms with Crippen molar-refractivity contribution in [3.05, 3.63) is 59.7 Å². The number of nitrogens with two attached hydrogens (primary N) is 1. The van der Waals surface area contributed by atoms with Gasteiger partial charge in [-0.1, -0.05) is 12.1 Å². The fraction of sp³-hybridized carbons (Fsp3) is 0.133. The Hall–Kier alpha value is -2.18. The molecule has 1 atom stereocenters. The minimum Gasteiger partial charge on any atom is -0.481 e. The third kappa shape index (κ3) is 4.68. The second-order valence-electron chi connectivity index (χ2n) is 4.45. The number of aliphatic carboxylic acids is 1. The maximum Gasteiger partial charge on any atom is 0.305 e. The number of hydrogen-bond donors (Lipinski definition) is 2. The van der Waals surface area contributed by atoms with Crippen LogP contribution in [0.1, 0.15) is 18.0 Å². The summed E-state index contributed by atoms with van der Waals surface area (Å²) in [6, 6.07) is 8.65. The molecule has 0 saturated carbocycles. The molecule has 0 aromatic heterocycles. The quantitative estimate of drug-likeness (QED) is 0.878. The van der Waals surface area contributed by atoms with Crippen molar-refractivity contribution in [2.24, 2.45) is 5.73 Å². The highest BCUT2D eigenvalue weighted by Gasteiger charge is 2.12. The molecule has 0 fully saturated rings. The molecule has 4 nitrogen and oxygen atoms in total. The zero-order valence-corrected chi connectivity index (χ0v) is 12.1. The van der Waals surface area contributed by atoms with E-state index in [9.17, 15) is 13.6 Å². The molecule has 2 rings (SSSR count). The molecule has 0 aliphatic heterocycles. The smallest absolute Gasteiger partial charge is 0.305 e. The SMILES string of the molecule is Cl.NC(CC(=O)O)c1cccc(Oc2ccc(F)cc2F)c1. The van der Waals surface area contributed by atoms with Crippen molar-refractivity contribution in [3.8, 4) is 11.5 Å². The number of carboxylic acid groups (broad SMARTS) is 1. The standard InChI is InChI=1S/C15H13F2NO3.ClH/c16-10-4-5-14(12(17)7-10)21-11-3-1-2-9(6-11)13(18)8-15(19)20;/h1-7,13H,8,18H2,(H,19,20);1H. The summed E-state index contributed by atoms with van der Waals surface area (Å²) >= 11 is 0. The fourth-order valence-electron chi connectivity index (χ4n) is 1.80. The molecule has 0 saturated heterocycles. The first-order valence-corrected chi connectivity index (χ1v) is 6.16. The van der Waals surface area contributed by atoms with Crippen LogP contribution in [0.4, 0.5) is 8.78 Å². The topological polar surface area (TPSA) is 72.6 Å². The van der Waals surface area contributed by atoms with Crippen LogP contribution >= 0.6 is 12.4 Å². The molecule has 0 radical (unpaired) electrons. The van der Waals surface area contributed by atoms with Crippen LogP contribution in [-0.4, -0.2) is 11.1 Å². The average molecular weight is 330 g/mol. The highest BCUT2D eigenvalue weighted by Crippen LogP contribution is 2.27. The zero-order chi connectivity index (χ0) is 15.4. The summed E-state index contributed by atoms with van der Waals surface area (Å²) in [7, 11) is 0. The van der Waals surface area contributed by atoms with Gasteiger partial charge in [0.25, 0.3) is 0 Å². The van der Waals surface area contributed by atoms with Crippen LogP contribution in [0.3, 0.4) is 0 Å². The third-order valence-electron chi connectivity index (χ3n) is 2.80. The molecule has 3 N–H and O–H groups in total. The van der Waals surface area contributed by atoms with Gasteiger partial charge in [-0.25, -0.2) is 8.78 Å². The summed E-state index contributed by atoms with van der Waals surface area (Å²) in [5, 5.41) is 8.72. The Morgan fingerprint density at radius 2 is 1.95 bits per heavy atom. The zero-order valence-electron chi connectivity index (χ0n) is 11.3. The fourth-order valence-corrected chi connectivity index (χ4v) is 1.80. The number of halogens is 3. The lowest BCUT2D eigenvalue weighted by molar-refractivity contribution is -0.137. The summed E-state index contributed by atoms with van der Waals surface area (Å²) in [4.78, 5) is 10.6. The number of ether oxygens (including phenoxy) is 1. The molecule has 0 amide bonds. The minimum absolute atomic E-state index is 0. The van der Waals surface area contributed by atoms with E-state index in [1.807, 2.05) is 0 Å². The molecule has 0 heterocycles. The van der Waals surface area contributed by atoms with Gasteiger partial charge in [0.1, 0.15) is 11.6 Å². The summed E-state index contributed by atoms with van der Waals surface area (Å²) in [6.45, 7) is 0. The second-order valence-corrected chi connectivity index (χ2v) is 4.45. The van der Waals surface area contributed by atoms with Crippen molar-refractivity contribution < 1.29 is 23.4 Å². The van der Waals surface area contributed by atoms with Gasteiger partial charge >= 0.3 is 5.97 Å². The van der Waals surface area contributed by atoms with E-state index in [4.69, 9.17) is 15.6 Å². The Morgan fingerprint density at radius 3 is 2.59 bits per heavy atom. The maximum absolute atomic E-state index is 13.5. The second kappa shape index (κ2) is 7.72. The van der Waals surface area contributed by atoms with Gasteiger partial charge < -0.3 is 15.6 Å². The van der Waals surface area contributed by atoms with E-state index in [1.54, 1.807) is 18.2 Å². The van der Waals surface area contributed by atoms with E-state index in [1.165, 1.54) is 12.1 Å². The number of rotatable bonds is 5. The van der Waals surface area contributed by atoms with Gasteiger partial charge in [0.2, 0.25) is 0 Å². The molecule has 118 valence electrons. The van der Waals surface area contributed by atoms with Crippen LogP contribution in [-0.2, 0) is 4.79 Å². The highest BCUT2D eigenvalue weighted by atomic mass is 35.5. The van der Waals surface area contributed by atoms with Crippen molar-refractivity contribution >= 4 is 18.4 Å². The van der Waals surface area contributed by atoms with Gasteiger partial charge in [0.15, 0.2) is 11.6 Å². The number of benzene rings is 2. The minimum atomic E-state index is -1.02. The highest BCUT2D eigenvalue weighted by molar-refractivity contribution is 5.85. The van der Waals surface area contributed by atoms with Gasteiger partial charge in [-0.2, -0.15) is 0 Å². The number of carboxylic acids is 1. The maximum atomic E-state index is 13.5. The van der Waals surface area contributed by atoms with E-state index in [0.717, 1.165) is 12.1 Å². The first-order valence-electron chi connectivity index (χ1n) is 6.16. The normalized spacial score (nSPS) is 11.4. The first-order chi connectivity index (χ1) is 9.95. The molecule has 7 heteroatoms. The van der Waals surface area contributed by atoms with Crippen molar-refractivity contribution in [2.45, 2.75) is 12.5 Å². The van der Waals surface area contributed by atoms with Crippen molar-refractivity contribution in [1.82, 2.24) is 0 Å². The molecule has 0 aliphatic carbocycles. The molecule has 1 unspecified atom stereocenters. The van der Waals surface area contributed by atoms with Gasteiger partial charge in [0, 0.05) is 12.1 Å². The van der Waals surface area contributed by atoms with Gasteiger partial charge in [0.05, 0.1) is 6.42 Å². The Bertz CT molecular complexity index is 667. The molecule has 0 spiro atoms. The Kier molecular flexibility index (Phi) is 6.27. The van der Waals surface area contributed by atoms with E-state index < -0.39 is 23.6 Å². The Labute approximate surface area is 131 Å². The lowest BCUT2D eigenvalue weighted by Gasteiger charge is -2.12. The van der Waals surface area contributed by atoms with E-state index in [-0.39, 0.29) is 24.6 Å². The molecule has 2 aromatic rings. The Balaban J connectivity index is 0.00000242. The molecule has 2 aromatic carbocycles. The van der Waals surface area contributed by atoms with Crippen LogP contribution in [0, 0.1) is 11.6 Å². The number of carbonyl (C=O) groups is 1. The lowest BCUT2D eigenvalue weighted by Crippen LogP contribution is -2.14. The number of hydrogen-bond acceptors (Lipinski definition) is 3. The third-order valence-corrected chi connectivity index (χ3v) is 2.80. The van der Waals surface area contributed by atoms with E-state index in [0.29, 0.717) is 11.3 Å². The summed E-state index contributed by atoms with van der Waals surface area (Å²) in [5.41, 5.74) is 6.30. The predicted octanol–water partition coefficient (Wildman–Crippen LogP) is 3.65. The molecule has 0 bridgehead atoms. The summed E-state index contributed by atoms with van der Waals surface area (Å²) in [6.07, 6.45) is -0.228. The summed E-state index contributed by atoms with van der Waals surface area (Å²) < 4.78 is 31.6. The van der Waals surface area contributed by atoms with Crippen LogP contribution in [0.2, 0.25) is 0 Å². The molecule has 0 aliphatic rings. The van der Waals surface area contributed by atoms with Crippen LogP contribution in [0.15, 0.2) is 42.5 Å². The van der Waals surface area contributed by atoms with Crippen molar-refractivity contribution in [2.75, 3.05) is 0 Å². The van der Waals surface area contributed by atoms with Crippen LogP contribution in [0.25, 0.3) is 0 Å². The van der Waals surface area contributed by atoms with Gasteiger partial charge in [-0.15, -0.1) is 12.4 Å². The van der Waals surface area contributed by atoms with Crippen LogP contribution in [0.5, 0.6) is 11.5 Å². The van der Waals surface area contributed by atoms with E-state index in [2.05, 4.69) is 0 Å². The van der Waals surface area contributed by atoms with Crippen molar-refractivity contribution in [3.63, 3.8) is 0 Å². The first kappa shape index (κ1) is 17.9.